The number of Topliss-reactive ketones (excluding diaryl/α,β-unsaturated/α-hetero) is 1. The molecule has 0 saturated heterocycles. The van der Waals surface area contributed by atoms with Crippen molar-refractivity contribution in [2.75, 3.05) is 6.61 Å². The van der Waals surface area contributed by atoms with Gasteiger partial charge in [0.05, 0.1) is 6.61 Å². The first-order valence-corrected chi connectivity index (χ1v) is 8.41. The molecule has 4 heteroatoms. The number of unbranched alkanes of at least 4 members (excludes halogenated alkanes) is 3. The molecule has 0 aromatic rings. The Kier molecular flexibility index (Phi) is 8.71. The van der Waals surface area contributed by atoms with E-state index in [1.165, 1.54) is 0 Å². The molecule has 2 unspecified atom stereocenters. The van der Waals surface area contributed by atoms with Crippen molar-refractivity contribution in [2.45, 2.75) is 65.2 Å². The molecule has 124 valence electrons. The highest BCUT2D eigenvalue weighted by Crippen LogP contribution is 2.31. The Morgan fingerprint density at radius 3 is 2.50 bits per heavy atom. The maximum Gasteiger partial charge on any atom is 0.305 e. The zero-order valence-corrected chi connectivity index (χ0v) is 13.8. The van der Waals surface area contributed by atoms with Crippen LogP contribution in [-0.4, -0.2) is 24.1 Å². The lowest BCUT2D eigenvalue weighted by Crippen LogP contribution is -2.16. The van der Waals surface area contributed by atoms with Crippen LogP contribution in [0.15, 0.2) is 12.2 Å². The molecular weight excluding hydrogens is 280 g/mol. The second-order valence-corrected chi connectivity index (χ2v) is 6.03. The summed E-state index contributed by atoms with van der Waals surface area (Å²) in [5, 5.41) is 0. The molecular formula is C18H28O4. The Labute approximate surface area is 133 Å². The van der Waals surface area contributed by atoms with Crippen LogP contribution in [0.1, 0.15) is 65.2 Å². The lowest BCUT2D eigenvalue weighted by molar-refractivity contribution is -0.143. The Balaban J connectivity index is 2.15. The number of hydrogen-bond donors (Lipinski definition) is 0. The van der Waals surface area contributed by atoms with E-state index in [1.807, 2.05) is 13.0 Å². The third-order valence-electron chi connectivity index (χ3n) is 4.17. The molecule has 1 aliphatic rings. The zero-order chi connectivity index (χ0) is 16.4. The average molecular weight is 308 g/mol. The van der Waals surface area contributed by atoms with E-state index < -0.39 is 0 Å². The standard InChI is InChI=1S/C18H28O4/c1-3-22-18(21)9-7-5-4-6-8-16-15(11-10-14(2)19)12-13-17(16)20/h12-13,15-16H,3-11H2,1-2H3. The summed E-state index contributed by atoms with van der Waals surface area (Å²) in [4.78, 5) is 34.1. The third kappa shape index (κ3) is 7.01. The van der Waals surface area contributed by atoms with Crippen LogP contribution in [0.5, 0.6) is 0 Å². The molecule has 4 nitrogen and oxygen atoms in total. The summed E-state index contributed by atoms with van der Waals surface area (Å²) < 4.78 is 4.88. The lowest BCUT2D eigenvalue weighted by Gasteiger charge is -2.17. The zero-order valence-electron chi connectivity index (χ0n) is 13.8. The van der Waals surface area contributed by atoms with Crippen molar-refractivity contribution in [1.82, 2.24) is 0 Å². The van der Waals surface area contributed by atoms with Crippen molar-refractivity contribution in [3.63, 3.8) is 0 Å². The largest absolute Gasteiger partial charge is 0.466 e. The van der Waals surface area contributed by atoms with Crippen LogP contribution in [0.25, 0.3) is 0 Å². The second kappa shape index (κ2) is 10.3. The van der Waals surface area contributed by atoms with Gasteiger partial charge in [0.25, 0.3) is 0 Å². The van der Waals surface area contributed by atoms with Crippen molar-refractivity contribution < 1.29 is 19.1 Å². The fourth-order valence-corrected chi connectivity index (χ4v) is 2.93. The summed E-state index contributed by atoms with van der Waals surface area (Å²) >= 11 is 0. The van der Waals surface area contributed by atoms with Crippen molar-refractivity contribution in [3.8, 4) is 0 Å². The predicted molar refractivity (Wildman–Crippen MR) is 85.4 cm³/mol. The van der Waals surface area contributed by atoms with Gasteiger partial charge in [-0.3, -0.25) is 9.59 Å². The number of rotatable bonds is 11. The van der Waals surface area contributed by atoms with Gasteiger partial charge in [-0.15, -0.1) is 0 Å². The quantitative estimate of drug-likeness (QED) is 0.432. The highest BCUT2D eigenvalue weighted by Gasteiger charge is 2.29. The van der Waals surface area contributed by atoms with E-state index in [0.29, 0.717) is 19.4 Å². The molecule has 0 aromatic carbocycles. The van der Waals surface area contributed by atoms with E-state index in [0.717, 1.165) is 38.5 Å². The van der Waals surface area contributed by atoms with Gasteiger partial charge in [-0.2, -0.15) is 0 Å². The topological polar surface area (TPSA) is 60.4 Å². The van der Waals surface area contributed by atoms with E-state index in [4.69, 9.17) is 4.74 Å². The molecule has 0 N–H and O–H groups in total. The van der Waals surface area contributed by atoms with Crippen LogP contribution < -0.4 is 0 Å². The Hall–Kier alpha value is -1.45. The minimum Gasteiger partial charge on any atom is -0.466 e. The van der Waals surface area contributed by atoms with Crippen molar-refractivity contribution >= 4 is 17.5 Å². The first-order chi connectivity index (χ1) is 10.5. The number of allylic oxidation sites excluding steroid dienone is 2. The van der Waals surface area contributed by atoms with Crippen molar-refractivity contribution in [1.29, 1.82) is 0 Å². The van der Waals surface area contributed by atoms with E-state index in [1.54, 1.807) is 13.0 Å². The van der Waals surface area contributed by atoms with Gasteiger partial charge >= 0.3 is 5.97 Å². The smallest absolute Gasteiger partial charge is 0.305 e. The van der Waals surface area contributed by atoms with Crippen LogP contribution in [-0.2, 0) is 19.1 Å². The van der Waals surface area contributed by atoms with Crippen LogP contribution >= 0.6 is 0 Å². The highest BCUT2D eigenvalue weighted by molar-refractivity contribution is 5.94. The van der Waals surface area contributed by atoms with Crippen LogP contribution in [0, 0.1) is 11.8 Å². The maximum atomic E-state index is 11.9. The molecule has 0 aliphatic heterocycles. The first kappa shape index (κ1) is 18.6. The average Bonchev–Trinajstić information content (AvgIpc) is 2.81. The molecule has 0 radical (unpaired) electrons. The van der Waals surface area contributed by atoms with Gasteiger partial charge in [0.15, 0.2) is 5.78 Å². The number of carbonyl (C=O) groups excluding carboxylic acids is 3. The SMILES string of the molecule is CCOC(=O)CCCCCCC1C(=O)C=CC1CCC(C)=O. The van der Waals surface area contributed by atoms with Crippen LogP contribution in [0.3, 0.4) is 0 Å². The van der Waals surface area contributed by atoms with Gasteiger partial charge in [-0.1, -0.05) is 25.3 Å². The predicted octanol–water partition coefficient (Wildman–Crippen LogP) is 3.63. The third-order valence-corrected chi connectivity index (χ3v) is 4.17. The van der Waals surface area contributed by atoms with Crippen molar-refractivity contribution in [2.24, 2.45) is 11.8 Å². The van der Waals surface area contributed by atoms with Gasteiger partial charge in [0.2, 0.25) is 0 Å². The minimum absolute atomic E-state index is 0.0596. The first-order valence-electron chi connectivity index (χ1n) is 8.41. The molecule has 2 atom stereocenters. The maximum absolute atomic E-state index is 11.9. The number of ketones is 2. The summed E-state index contributed by atoms with van der Waals surface area (Å²) in [7, 11) is 0. The number of carbonyl (C=O) groups is 3. The van der Waals surface area contributed by atoms with E-state index >= 15 is 0 Å². The molecule has 0 bridgehead atoms. The molecule has 22 heavy (non-hydrogen) atoms. The van der Waals surface area contributed by atoms with E-state index in [2.05, 4.69) is 0 Å². The van der Waals surface area contributed by atoms with Gasteiger partial charge in [-0.25, -0.2) is 0 Å². The molecule has 1 aliphatic carbocycles. The van der Waals surface area contributed by atoms with Gasteiger partial charge in [0.1, 0.15) is 5.78 Å². The fraction of sp³-hybridized carbons (Fsp3) is 0.722. The van der Waals surface area contributed by atoms with E-state index in [9.17, 15) is 14.4 Å². The molecule has 0 amide bonds. The molecule has 1 rings (SSSR count). The second-order valence-electron chi connectivity index (χ2n) is 6.03. The molecule has 0 saturated carbocycles. The Morgan fingerprint density at radius 1 is 1.09 bits per heavy atom. The molecule has 0 aromatic heterocycles. The van der Waals surface area contributed by atoms with Gasteiger partial charge < -0.3 is 9.53 Å². The summed E-state index contributed by atoms with van der Waals surface area (Å²) in [6.45, 7) is 3.85. The van der Waals surface area contributed by atoms with Crippen LogP contribution in [0.2, 0.25) is 0 Å². The van der Waals surface area contributed by atoms with E-state index in [-0.39, 0.29) is 29.4 Å². The fourth-order valence-electron chi connectivity index (χ4n) is 2.93. The summed E-state index contributed by atoms with van der Waals surface area (Å²) in [6.07, 6.45) is 10.2. The van der Waals surface area contributed by atoms with Gasteiger partial charge in [0, 0.05) is 18.8 Å². The molecule has 0 heterocycles. The summed E-state index contributed by atoms with van der Waals surface area (Å²) in [5.74, 6) is 0.563. The lowest BCUT2D eigenvalue weighted by atomic mass is 9.86. The Morgan fingerprint density at radius 2 is 1.82 bits per heavy atom. The van der Waals surface area contributed by atoms with Gasteiger partial charge in [-0.05, 0) is 45.1 Å². The molecule has 0 fully saturated rings. The minimum atomic E-state index is -0.123. The normalized spacial score (nSPS) is 20.4. The van der Waals surface area contributed by atoms with Crippen molar-refractivity contribution in [3.05, 3.63) is 12.2 Å². The highest BCUT2D eigenvalue weighted by atomic mass is 16.5. The Bertz CT molecular complexity index is 411. The number of hydrogen-bond acceptors (Lipinski definition) is 4. The molecule has 0 spiro atoms. The number of esters is 1. The monoisotopic (exact) mass is 308 g/mol. The summed E-state index contributed by atoms with van der Waals surface area (Å²) in [6, 6.07) is 0. The number of ether oxygens (including phenoxy) is 1. The van der Waals surface area contributed by atoms with Crippen LogP contribution in [0.4, 0.5) is 0 Å². The summed E-state index contributed by atoms with van der Waals surface area (Å²) in [5.41, 5.74) is 0.